The summed E-state index contributed by atoms with van der Waals surface area (Å²) in [7, 11) is 1.52. The summed E-state index contributed by atoms with van der Waals surface area (Å²) in [6.45, 7) is 4.38. The quantitative estimate of drug-likeness (QED) is 0.345. The number of methoxy groups -OCH3 is 1. The van der Waals surface area contributed by atoms with Gasteiger partial charge in [0.15, 0.2) is 12.0 Å². The third-order valence-corrected chi connectivity index (χ3v) is 3.78. The fourth-order valence-electron chi connectivity index (χ4n) is 2.51. The Bertz CT molecular complexity index is 784. The topological polar surface area (TPSA) is 71.1 Å². The number of aldehydes is 1. The molecule has 0 aliphatic rings. The fraction of sp³-hybridized carbons (Fsp3) is 0.333. The second-order valence-corrected chi connectivity index (χ2v) is 5.84. The maximum Gasteiger partial charge on any atom is 0.355 e. The van der Waals surface area contributed by atoms with Gasteiger partial charge in [0.25, 0.3) is 0 Å². The molecule has 144 valence electrons. The number of rotatable bonds is 10. The molecule has 0 fully saturated rings. The number of benzene rings is 2. The van der Waals surface area contributed by atoms with Crippen molar-refractivity contribution < 1.29 is 28.8 Å². The van der Waals surface area contributed by atoms with Gasteiger partial charge in [0.1, 0.15) is 11.5 Å². The van der Waals surface area contributed by atoms with Crippen molar-refractivity contribution >= 4 is 12.3 Å². The summed E-state index contributed by atoms with van der Waals surface area (Å²) in [4.78, 5) is 33.5. The van der Waals surface area contributed by atoms with E-state index >= 15 is 0 Å². The molecule has 0 saturated carbocycles. The van der Waals surface area contributed by atoms with Crippen LogP contribution in [-0.4, -0.2) is 26.0 Å². The molecule has 2 rings (SSSR count). The first-order chi connectivity index (χ1) is 13.1. The van der Waals surface area contributed by atoms with Crippen molar-refractivity contribution in [3.63, 3.8) is 0 Å². The second-order valence-electron chi connectivity index (χ2n) is 5.84. The van der Waals surface area contributed by atoms with Crippen LogP contribution in [-0.2, 0) is 9.68 Å². The molecule has 0 radical (unpaired) electrons. The molecule has 0 unspecified atom stereocenters. The monoisotopic (exact) mass is 372 g/mol. The van der Waals surface area contributed by atoms with Gasteiger partial charge in [-0.1, -0.05) is 26.0 Å². The standard InChI is InChI=1S/C21H24O6/c1-4-7-20(23)27-26-19-13-16(24-3)10-11-17(19)21-15(14-22)8-6-9-18(21)25-12-5-2/h6,8-11,13-14H,4-5,7,12H2,1-3H3. The molecule has 27 heavy (non-hydrogen) atoms. The van der Waals surface area contributed by atoms with Gasteiger partial charge in [-0.15, -0.1) is 0 Å². The van der Waals surface area contributed by atoms with E-state index < -0.39 is 5.97 Å². The van der Waals surface area contributed by atoms with Crippen LogP contribution in [0.25, 0.3) is 11.1 Å². The highest BCUT2D eigenvalue weighted by Crippen LogP contribution is 2.40. The lowest BCUT2D eigenvalue weighted by molar-refractivity contribution is -0.213. The van der Waals surface area contributed by atoms with Crippen molar-refractivity contribution in [1.82, 2.24) is 0 Å². The maximum atomic E-state index is 11.7. The molecule has 0 heterocycles. The third-order valence-electron chi connectivity index (χ3n) is 3.78. The lowest BCUT2D eigenvalue weighted by Crippen LogP contribution is -2.08. The molecule has 6 nitrogen and oxygen atoms in total. The first kappa shape index (κ1) is 20.3. The van der Waals surface area contributed by atoms with Gasteiger partial charge >= 0.3 is 5.97 Å². The third kappa shape index (κ3) is 5.23. The van der Waals surface area contributed by atoms with E-state index in [0.29, 0.717) is 41.2 Å². The lowest BCUT2D eigenvalue weighted by Gasteiger charge is -2.16. The minimum atomic E-state index is -0.475. The summed E-state index contributed by atoms with van der Waals surface area (Å²) in [5, 5.41) is 0. The number of ether oxygens (including phenoxy) is 2. The second kappa shape index (κ2) is 10.2. The molecule has 0 bridgehead atoms. The number of hydrogen-bond donors (Lipinski definition) is 0. The van der Waals surface area contributed by atoms with Crippen molar-refractivity contribution in [2.24, 2.45) is 0 Å². The first-order valence-electron chi connectivity index (χ1n) is 8.91. The Morgan fingerprint density at radius 1 is 1.07 bits per heavy atom. The van der Waals surface area contributed by atoms with Gasteiger partial charge in [-0.2, -0.15) is 0 Å². The lowest BCUT2D eigenvalue weighted by atomic mass is 9.98. The zero-order valence-corrected chi connectivity index (χ0v) is 15.8. The summed E-state index contributed by atoms with van der Waals surface area (Å²) in [5.74, 6) is 0.864. The van der Waals surface area contributed by atoms with E-state index in [4.69, 9.17) is 19.2 Å². The van der Waals surface area contributed by atoms with E-state index in [0.717, 1.165) is 12.7 Å². The van der Waals surface area contributed by atoms with Gasteiger partial charge in [-0.25, -0.2) is 4.79 Å². The average molecular weight is 372 g/mol. The minimum absolute atomic E-state index is 0.245. The molecule has 0 amide bonds. The zero-order chi connectivity index (χ0) is 19.6. The number of carbonyl (C=O) groups is 2. The molecule has 2 aromatic rings. The molecular formula is C21H24O6. The maximum absolute atomic E-state index is 11.7. The van der Waals surface area contributed by atoms with E-state index in [-0.39, 0.29) is 12.2 Å². The Morgan fingerprint density at radius 2 is 1.89 bits per heavy atom. The summed E-state index contributed by atoms with van der Waals surface area (Å²) < 4.78 is 11.0. The van der Waals surface area contributed by atoms with Crippen LogP contribution < -0.4 is 14.4 Å². The van der Waals surface area contributed by atoms with Crippen LogP contribution >= 0.6 is 0 Å². The largest absolute Gasteiger partial charge is 0.497 e. The van der Waals surface area contributed by atoms with E-state index in [1.807, 2.05) is 13.8 Å². The highest BCUT2D eigenvalue weighted by molar-refractivity contribution is 5.92. The van der Waals surface area contributed by atoms with Gasteiger partial charge in [0.05, 0.1) is 13.7 Å². The van der Waals surface area contributed by atoms with Crippen molar-refractivity contribution in [3.05, 3.63) is 42.0 Å². The van der Waals surface area contributed by atoms with Gasteiger partial charge in [0, 0.05) is 29.2 Å². The highest BCUT2D eigenvalue weighted by Gasteiger charge is 2.19. The van der Waals surface area contributed by atoms with Crippen LogP contribution in [0.5, 0.6) is 17.2 Å². The number of carbonyl (C=O) groups excluding carboxylic acids is 2. The van der Waals surface area contributed by atoms with Crippen molar-refractivity contribution in [3.8, 4) is 28.4 Å². The van der Waals surface area contributed by atoms with Crippen LogP contribution in [0.2, 0.25) is 0 Å². The van der Waals surface area contributed by atoms with Crippen LogP contribution in [0.15, 0.2) is 36.4 Å². The highest BCUT2D eigenvalue weighted by atomic mass is 17.2. The predicted octanol–water partition coefficient (Wildman–Crippen LogP) is 4.60. The van der Waals surface area contributed by atoms with Crippen molar-refractivity contribution in [2.45, 2.75) is 33.1 Å². The molecule has 0 aromatic heterocycles. The Morgan fingerprint density at radius 3 is 2.56 bits per heavy atom. The Labute approximate surface area is 158 Å². The molecule has 0 saturated heterocycles. The summed E-state index contributed by atoms with van der Waals surface area (Å²) >= 11 is 0. The molecule has 0 N–H and O–H groups in total. The van der Waals surface area contributed by atoms with Gasteiger partial charge < -0.3 is 9.47 Å². The van der Waals surface area contributed by atoms with Gasteiger partial charge in [0.2, 0.25) is 0 Å². The molecule has 0 spiro atoms. The van der Waals surface area contributed by atoms with Crippen LogP contribution in [0.3, 0.4) is 0 Å². The van der Waals surface area contributed by atoms with Crippen LogP contribution in [0.1, 0.15) is 43.5 Å². The van der Waals surface area contributed by atoms with Crippen LogP contribution in [0, 0.1) is 0 Å². The normalized spacial score (nSPS) is 10.2. The van der Waals surface area contributed by atoms with E-state index in [9.17, 15) is 9.59 Å². The summed E-state index contributed by atoms with van der Waals surface area (Å²) in [6, 6.07) is 10.3. The average Bonchev–Trinajstić information content (AvgIpc) is 2.70. The van der Waals surface area contributed by atoms with E-state index in [1.165, 1.54) is 7.11 Å². The summed E-state index contributed by atoms with van der Waals surface area (Å²) in [5.41, 5.74) is 1.58. The molecule has 6 heteroatoms. The SMILES string of the molecule is CCCOc1cccc(C=O)c1-c1ccc(OC)cc1OOC(=O)CCC. The number of hydrogen-bond acceptors (Lipinski definition) is 6. The molecule has 0 atom stereocenters. The smallest absolute Gasteiger partial charge is 0.355 e. The van der Waals surface area contributed by atoms with Gasteiger partial charge in [-0.05, 0) is 31.0 Å². The van der Waals surface area contributed by atoms with Crippen molar-refractivity contribution in [1.29, 1.82) is 0 Å². The molecule has 2 aromatic carbocycles. The van der Waals surface area contributed by atoms with E-state index in [1.54, 1.807) is 36.4 Å². The molecule has 0 aliphatic carbocycles. The Hall–Kier alpha value is -3.02. The van der Waals surface area contributed by atoms with Gasteiger partial charge in [-0.3, -0.25) is 14.6 Å². The first-order valence-corrected chi connectivity index (χ1v) is 8.91. The summed E-state index contributed by atoms with van der Waals surface area (Å²) in [6.07, 6.45) is 2.47. The van der Waals surface area contributed by atoms with E-state index in [2.05, 4.69) is 0 Å². The Kier molecular flexibility index (Phi) is 7.67. The minimum Gasteiger partial charge on any atom is -0.497 e. The molecular weight excluding hydrogens is 348 g/mol. The molecule has 0 aliphatic heterocycles. The zero-order valence-electron chi connectivity index (χ0n) is 15.8. The van der Waals surface area contributed by atoms with Crippen molar-refractivity contribution in [2.75, 3.05) is 13.7 Å². The fourth-order valence-corrected chi connectivity index (χ4v) is 2.51. The van der Waals surface area contributed by atoms with Crippen LogP contribution in [0.4, 0.5) is 0 Å². The predicted molar refractivity (Wildman–Crippen MR) is 101 cm³/mol. The Balaban J connectivity index is 2.50.